The second-order valence-corrected chi connectivity index (χ2v) is 11.1. The van der Waals surface area contributed by atoms with Crippen molar-refractivity contribution in [2.75, 3.05) is 11.1 Å². The minimum absolute atomic E-state index is 0. The quantitative estimate of drug-likeness (QED) is 0.0545. The number of nitrogens with zero attached hydrogens (tertiary/aromatic N) is 4. The van der Waals surface area contributed by atoms with Crippen LogP contribution in [0.25, 0.3) is 21.5 Å². The fourth-order valence-electron chi connectivity index (χ4n) is 4.86. The molecule has 0 aliphatic rings. The lowest BCUT2D eigenvalue weighted by atomic mass is 10.1. The fourth-order valence-corrected chi connectivity index (χ4v) is 5.09. The number of ether oxygens (including phenoxy) is 2. The maximum Gasteiger partial charge on any atom is 0.573 e. The number of benzene rings is 4. The number of halogens is 7. The van der Waals surface area contributed by atoms with Crippen molar-refractivity contribution < 1.29 is 45.7 Å². The number of hydrogen-bond acceptors (Lipinski definition) is 10. The van der Waals surface area contributed by atoms with Gasteiger partial charge in [0.1, 0.15) is 22.5 Å². The molecule has 0 fully saturated rings. The smallest absolute Gasteiger partial charge is 0.406 e. The molecule has 0 spiro atoms. The Morgan fingerprint density at radius 2 is 1.17 bits per heavy atom. The maximum atomic E-state index is 12.3. The van der Waals surface area contributed by atoms with Gasteiger partial charge in [0.05, 0.1) is 20.6 Å². The number of alkyl halides is 6. The van der Waals surface area contributed by atoms with Crippen molar-refractivity contribution in [2.24, 2.45) is 0 Å². The van der Waals surface area contributed by atoms with Gasteiger partial charge >= 0.3 is 12.7 Å². The fraction of sp³-hybridized carbons (Fsp3) is 0.143. The number of rotatable bonds is 6. The summed E-state index contributed by atoms with van der Waals surface area (Å²) in [5.74, 6) is -0.401. The Balaban J connectivity index is 0.000000237. The standard InChI is InChI=1S/C17H12F3N3O3.C10H7ClN2O2.C7H6F3NO.CH4/c1-10-5-6-14-13(15(10)23(24)25)7-8-21-16(14)22-11-3-2-4-12(9-11)26-17(18,19)20;1-6-2-3-8-7(9(6)13(14)15)4-5-12-10(8)11;8-7(9,10)12-6-3-1-2-5(11)4-6;/h2-9H,1H3,(H,21,22);2-5H,1H3;1-4H,11H2;1H4. The first-order valence-corrected chi connectivity index (χ1v) is 15.2. The van der Waals surface area contributed by atoms with E-state index in [1.165, 1.54) is 54.9 Å². The summed E-state index contributed by atoms with van der Waals surface area (Å²) in [6.07, 6.45) is -6.59. The molecule has 0 atom stereocenters. The number of nitrogens with one attached hydrogen (secondary N) is 1. The monoisotopic (exact) mass is 778 g/mol. The van der Waals surface area contributed by atoms with Gasteiger partial charge in [-0.25, -0.2) is 9.97 Å². The molecule has 3 N–H and O–H groups in total. The van der Waals surface area contributed by atoms with E-state index in [4.69, 9.17) is 17.3 Å². The molecule has 284 valence electrons. The van der Waals surface area contributed by atoms with Gasteiger partial charge in [0.2, 0.25) is 0 Å². The van der Waals surface area contributed by atoms with Crippen molar-refractivity contribution in [3.05, 3.63) is 134 Å². The second kappa shape index (κ2) is 17.4. The van der Waals surface area contributed by atoms with E-state index in [0.29, 0.717) is 38.4 Å². The third kappa shape index (κ3) is 11.3. The average Bonchev–Trinajstić information content (AvgIpc) is 3.03. The molecule has 0 aliphatic heterocycles. The van der Waals surface area contributed by atoms with Crippen LogP contribution in [-0.4, -0.2) is 32.5 Å². The number of fused-ring (bicyclic) bond motifs is 2. The van der Waals surface area contributed by atoms with Crippen molar-refractivity contribution in [2.45, 2.75) is 34.0 Å². The van der Waals surface area contributed by atoms with Gasteiger partial charge in [-0.1, -0.05) is 49.4 Å². The van der Waals surface area contributed by atoms with Crippen LogP contribution < -0.4 is 20.5 Å². The number of anilines is 3. The van der Waals surface area contributed by atoms with Crippen molar-refractivity contribution >= 4 is 61.7 Å². The first-order valence-electron chi connectivity index (χ1n) is 14.8. The molecule has 6 aromatic rings. The highest BCUT2D eigenvalue weighted by Crippen LogP contribution is 2.35. The summed E-state index contributed by atoms with van der Waals surface area (Å²) in [4.78, 5) is 29.4. The van der Waals surface area contributed by atoms with Crippen molar-refractivity contribution in [3.63, 3.8) is 0 Å². The summed E-state index contributed by atoms with van der Waals surface area (Å²) in [7, 11) is 0. The third-order valence-electron chi connectivity index (χ3n) is 6.98. The zero-order chi connectivity index (χ0) is 39.1. The van der Waals surface area contributed by atoms with Crippen LogP contribution in [-0.2, 0) is 0 Å². The molecule has 2 heterocycles. The molecule has 19 heteroatoms. The van der Waals surface area contributed by atoms with Crippen LogP contribution in [0.1, 0.15) is 18.6 Å². The number of hydrogen-bond donors (Lipinski definition) is 2. The number of aryl methyl sites for hydroxylation is 2. The molecular formula is C35H29ClF6N6O6. The third-order valence-corrected chi connectivity index (χ3v) is 7.28. The number of pyridine rings is 2. The zero-order valence-corrected chi connectivity index (χ0v) is 28.0. The number of nitro groups is 2. The summed E-state index contributed by atoms with van der Waals surface area (Å²) in [5, 5.41) is 27.4. The van der Waals surface area contributed by atoms with E-state index in [2.05, 4.69) is 24.8 Å². The van der Waals surface area contributed by atoms with Gasteiger partial charge in [-0.2, -0.15) is 0 Å². The van der Waals surface area contributed by atoms with Crippen LogP contribution in [0.4, 0.5) is 54.9 Å². The molecule has 0 saturated carbocycles. The van der Waals surface area contributed by atoms with Crippen molar-refractivity contribution in [3.8, 4) is 11.5 Å². The molecule has 6 rings (SSSR count). The Morgan fingerprint density at radius 1 is 0.685 bits per heavy atom. The van der Waals surface area contributed by atoms with Gasteiger partial charge in [-0.05, 0) is 56.3 Å². The van der Waals surface area contributed by atoms with E-state index < -0.39 is 22.6 Å². The summed E-state index contributed by atoms with van der Waals surface area (Å²) in [5.41, 5.74) is 6.94. The maximum absolute atomic E-state index is 12.3. The van der Waals surface area contributed by atoms with E-state index in [-0.39, 0.29) is 47.0 Å². The first-order chi connectivity index (χ1) is 24.8. The largest absolute Gasteiger partial charge is 0.573 e. The second-order valence-electron chi connectivity index (χ2n) is 10.7. The van der Waals surface area contributed by atoms with E-state index in [1.807, 2.05) is 0 Å². The Kier molecular flexibility index (Phi) is 13.5. The Morgan fingerprint density at radius 3 is 1.69 bits per heavy atom. The number of nitro benzene ring substituents is 2. The lowest BCUT2D eigenvalue weighted by Crippen LogP contribution is -2.17. The van der Waals surface area contributed by atoms with Gasteiger partial charge in [-0.3, -0.25) is 20.2 Å². The molecule has 0 amide bonds. The van der Waals surface area contributed by atoms with Crippen LogP contribution in [0.5, 0.6) is 11.5 Å². The van der Waals surface area contributed by atoms with Crippen LogP contribution in [0.2, 0.25) is 5.15 Å². The Hall–Kier alpha value is -6.43. The molecule has 0 unspecified atom stereocenters. The highest BCUT2D eigenvalue weighted by molar-refractivity contribution is 6.34. The summed E-state index contributed by atoms with van der Waals surface area (Å²) >= 11 is 5.85. The Labute approximate surface area is 307 Å². The first kappa shape index (κ1) is 42.0. The van der Waals surface area contributed by atoms with Crippen LogP contribution in [0.15, 0.2) is 97.3 Å². The van der Waals surface area contributed by atoms with E-state index in [0.717, 1.165) is 12.1 Å². The Bertz CT molecular complexity index is 2290. The minimum Gasteiger partial charge on any atom is -0.406 e. The SMILES string of the molecule is C.Cc1ccc2c(Cl)nccc2c1[N+](=O)[O-].Cc1ccc2c(Nc3cccc(OC(F)(F)F)c3)nccc2c1[N+](=O)[O-].Nc1cccc(OC(F)(F)F)c1. The number of nitrogens with two attached hydrogens (primary N) is 1. The number of aromatic nitrogens is 2. The summed E-state index contributed by atoms with van der Waals surface area (Å²) in [6, 6.07) is 20.2. The lowest BCUT2D eigenvalue weighted by Gasteiger charge is -2.12. The van der Waals surface area contributed by atoms with Gasteiger partial charge < -0.3 is 20.5 Å². The van der Waals surface area contributed by atoms with Gasteiger partial charge in [0.25, 0.3) is 11.4 Å². The van der Waals surface area contributed by atoms with Crippen molar-refractivity contribution in [1.29, 1.82) is 0 Å². The predicted molar refractivity (Wildman–Crippen MR) is 192 cm³/mol. The highest BCUT2D eigenvalue weighted by Gasteiger charge is 2.32. The molecule has 12 nitrogen and oxygen atoms in total. The molecule has 0 radical (unpaired) electrons. The molecule has 0 saturated heterocycles. The van der Waals surface area contributed by atoms with Crippen LogP contribution in [0.3, 0.4) is 0 Å². The zero-order valence-electron chi connectivity index (χ0n) is 27.2. The highest BCUT2D eigenvalue weighted by atomic mass is 35.5. The van der Waals surface area contributed by atoms with Gasteiger partial charge in [0.15, 0.2) is 0 Å². The van der Waals surface area contributed by atoms with Gasteiger partial charge in [0, 0.05) is 57.8 Å². The summed E-state index contributed by atoms with van der Waals surface area (Å²) in [6.45, 7) is 3.33. The number of nitrogen functional groups attached to an aromatic ring is 1. The van der Waals surface area contributed by atoms with Crippen LogP contribution >= 0.6 is 11.6 Å². The molecular weight excluding hydrogens is 750 g/mol. The predicted octanol–water partition coefficient (Wildman–Crippen LogP) is 11.0. The van der Waals surface area contributed by atoms with Crippen LogP contribution in [0, 0.1) is 34.1 Å². The summed E-state index contributed by atoms with van der Waals surface area (Å²) < 4.78 is 79.4. The minimum atomic E-state index is -4.80. The van der Waals surface area contributed by atoms with E-state index >= 15 is 0 Å². The van der Waals surface area contributed by atoms with Crippen molar-refractivity contribution in [1.82, 2.24) is 9.97 Å². The normalized spacial score (nSPS) is 10.9. The molecule has 0 aliphatic carbocycles. The molecule has 0 bridgehead atoms. The topological polar surface area (TPSA) is 169 Å². The average molecular weight is 779 g/mol. The van der Waals surface area contributed by atoms with Gasteiger partial charge in [-0.15, -0.1) is 26.3 Å². The molecule has 54 heavy (non-hydrogen) atoms. The lowest BCUT2D eigenvalue weighted by molar-refractivity contribution is -0.383. The molecule has 2 aromatic heterocycles. The van der Waals surface area contributed by atoms with E-state index in [1.54, 1.807) is 44.2 Å². The van der Waals surface area contributed by atoms with E-state index in [9.17, 15) is 46.6 Å². The molecule has 4 aromatic carbocycles.